The molecule has 2 rings (SSSR count). The van der Waals surface area contributed by atoms with E-state index < -0.39 is 49.4 Å². The van der Waals surface area contributed by atoms with E-state index in [2.05, 4.69) is 18.5 Å². The minimum atomic E-state index is -1.57. The summed E-state index contributed by atoms with van der Waals surface area (Å²) >= 11 is 0. The number of hydrogen-bond donors (Lipinski definition) is 4. The van der Waals surface area contributed by atoms with Gasteiger partial charge in [0.1, 0.15) is 37.6 Å². The Morgan fingerprint density at radius 2 is 1.84 bits per heavy atom. The summed E-state index contributed by atoms with van der Waals surface area (Å²) in [6.45, 7) is 6.27. The zero-order valence-corrected chi connectivity index (χ0v) is 17.0. The van der Waals surface area contributed by atoms with Gasteiger partial charge in [-0.15, -0.1) is 6.58 Å². The van der Waals surface area contributed by atoms with Crippen LogP contribution in [-0.2, 0) is 20.8 Å². The molecule has 0 aliphatic carbocycles. The quantitative estimate of drug-likeness (QED) is 0.412. The number of carbonyl (C=O) groups is 2. The molecule has 0 bridgehead atoms. The molecule has 1 fully saturated rings. The summed E-state index contributed by atoms with van der Waals surface area (Å²) < 4.78 is 15.8. The Hall–Kier alpha value is -2.92. The van der Waals surface area contributed by atoms with Gasteiger partial charge in [0.25, 0.3) is 0 Å². The van der Waals surface area contributed by atoms with Crippen LogP contribution in [0.15, 0.2) is 55.6 Å². The highest BCUT2D eigenvalue weighted by atomic mass is 16.6. The van der Waals surface area contributed by atoms with Crippen LogP contribution >= 0.6 is 0 Å². The fourth-order valence-electron chi connectivity index (χ4n) is 3.06. The topological polar surface area (TPSA) is 138 Å². The molecule has 1 aromatic rings. The first-order valence-corrected chi connectivity index (χ1v) is 9.67. The van der Waals surface area contributed by atoms with Gasteiger partial charge in [-0.25, -0.2) is 9.59 Å². The maximum atomic E-state index is 12.5. The van der Waals surface area contributed by atoms with Crippen LogP contribution in [0.4, 0.5) is 9.59 Å². The van der Waals surface area contributed by atoms with E-state index in [0.717, 1.165) is 10.5 Å². The molecule has 2 amide bonds. The summed E-state index contributed by atoms with van der Waals surface area (Å²) in [5, 5.41) is 32.8. The molecule has 0 unspecified atom stereocenters. The van der Waals surface area contributed by atoms with Crippen LogP contribution in [0.2, 0.25) is 0 Å². The lowest BCUT2D eigenvalue weighted by atomic mass is 9.95. The predicted molar refractivity (Wildman–Crippen MR) is 110 cm³/mol. The highest BCUT2D eigenvalue weighted by Crippen LogP contribution is 2.25. The minimum absolute atomic E-state index is 0.0272. The SMILES string of the molecule is C=CCOC(=O)N(CC=C)[C@@H]1O[C@H](CO)[C@H](O)[C@H](O)[C@H]1NC(=O)OCc1ccccc1. The third-order valence-corrected chi connectivity index (χ3v) is 4.59. The van der Waals surface area contributed by atoms with Crippen molar-refractivity contribution in [1.82, 2.24) is 10.2 Å². The maximum Gasteiger partial charge on any atom is 0.412 e. The summed E-state index contributed by atoms with van der Waals surface area (Å²) in [6, 6.07) is 7.66. The van der Waals surface area contributed by atoms with Crippen molar-refractivity contribution in [2.75, 3.05) is 19.8 Å². The molecule has 0 aromatic heterocycles. The van der Waals surface area contributed by atoms with Gasteiger partial charge in [0.15, 0.2) is 6.23 Å². The average Bonchev–Trinajstić information content (AvgIpc) is 2.78. The maximum absolute atomic E-state index is 12.5. The zero-order chi connectivity index (χ0) is 22.8. The van der Waals surface area contributed by atoms with Gasteiger partial charge in [-0.05, 0) is 5.56 Å². The third kappa shape index (κ3) is 6.53. The van der Waals surface area contributed by atoms with E-state index in [9.17, 15) is 24.9 Å². The Labute approximate surface area is 180 Å². The molecule has 170 valence electrons. The van der Waals surface area contributed by atoms with Crippen molar-refractivity contribution in [3.8, 4) is 0 Å². The molecule has 0 spiro atoms. The number of rotatable bonds is 9. The van der Waals surface area contributed by atoms with Crippen LogP contribution in [0.3, 0.4) is 0 Å². The van der Waals surface area contributed by atoms with Crippen molar-refractivity contribution in [3.05, 3.63) is 61.2 Å². The van der Waals surface area contributed by atoms with Gasteiger partial charge >= 0.3 is 12.2 Å². The van der Waals surface area contributed by atoms with Gasteiger partial charge in [-0.2, -0.15) is 0 Å². The van der Waals surface area contributed by atoms with E-state index in [4.69, 9.17) is 14.2 Å². The summed E-state index contributed by atoms with van der Waals surface area (Å²) in [5.74, 6) is 0. The van der Waals surface area contributed by atoms with E-state index in [1.165, 1.54) is 12.2 Å². The van der Waals surface area contributed by atoms with Gasteiger partial charge in [0.2, 0.25) is 0 Å². The molecule has 1 heterocycles. The lowest BCUT2D eigenvalue weighted by Gasteiger charge is -2.45. The normalized spacial score (nSPS) is 25.2. The van der Waals surface area contributed by atoms with Gasteiger partial charge in [-0.1, -0.05) is 49.1 Å². The number of aliphatic hydroxyl groups is 3. The van der Waals surface area contributed by atoms with Gasteiger partial charge in [-0.3, -0.25) is 4.90 Å². The highest BCUT2D eigenvalue weighted by molar-refractivity contribution is 5.70. The molecule has 1 aromatic carbocycles. The Morgan fingerprint density at radius 1 is 1.13 bits per heavy atom. The lowest BCUT2D eigenvalue weighted by Crippen LogP contribution is -2.68. The Bertz CT molecular complexity index is 744. The van der Waals surface area contributed by atoms with E-state index in [1.54, 1.807) is 24.3 Å². The number of nitrogens with zero attached hydrogens (tertiary/aromatic N) is 1. The zero-order valence-electron chi connectivity index (χ0n) is 17.0. The van der Waals surface area contributed by atoms with Crippen molar-refractivity contribution in [3.63, 3.8) is 0 Å². The van der Waals surface area contributed by atoms with Crippen LogP contribution in [0.1, 0.15) is 5.56 Å². The Balaban J connectivity index is 2.19. The number of aliphatic hydroxyl groups excluding tert-OH is 3. The fourth-order valence-corrected chi connectivity index (χ4v) is 3.06. The molecule has 4 N–H and O–H groups in total. The van der Waals surface area contributed by atoms with Gasteiger partial charge in [0, 0.05) is 6.54 Å². The summed E-state index contributed by atoms with van der Waals surface area (Å²) in [6.07, 6.45) is -4.52. The smallest absolute Gasteiger partial charge is 0.412 e. The van der Waals surface area contributed by atoms with Gasteiger partial charge in [0.05, 0.1) is 6.61 Å². The van der Waals surface area contributed by atoms with E-state index in [0.29, 0.717) is 0 Å². The van der Waals surface area contributed by atoms with Crippen molar-refractivity contribution in [2.24, 2.45) is 0 Å². The monoisotopic (exact) mass is 436 g/mol. The second-order valence-corrected chi connectivity index (χ2v) is 6.77. The minimum Gasteiger partial charge on any atom is -0.445 e. The molecular formula is C21H28N2O8. The molecule has 10 nitrogen and oxygen atoms in total. The molecule has 31 heavy (non-hydrogen) atoms. The van der Waals surface area contributed by atoms with Crippen LogP contribution < -0.4 is 5.32 Å². The second kappa shape index (κ2) is 12.1. The highest BCUT2D eigenvalue weighted by Gasteiger charge is 2.48. The Morgan fingerprint density at radius 3 is 2.45 bits per heavy atom. The summed E-state index contributed by atoms with van der Waals surface area (Å²) in [4.78, 5) is 25.9. The Kier molecular flexibility index (Phi) is 9.47. The van der Waals surface area contributed by atoms with E-state index in [1.807, 2.05) is 6.07 Å². The van der Waals surface area contributed by atoms with Crippen LogP contribution in [0.5, 0.6) is 0 Å². The van der Waals surface area contributed by atoms with Crippen molar-refractivity contribution in [1.29, 1.82) is 0 Å². The third-order valence-electron chi connectivity index (χ3n) is 4.59. The molecule has 1 aliphatic rings. The number of amides is 2. The van der Waals surface area contributed by atoms with Crippen LogP contribution in [0, 0.1) is 0 Å². The first-order chi connectivity index (χ1) is 14.9. The fraction of sp³-hybridized carbons (Fsp3) is 0.429. The van der Waals surface area contributed by atoms with Crippen molar-refractivity contribution >= 4 is 12.2 Å². The summed E-state index contributed by atoms with van der Waals surface area (Å²) in [7, 11) is 0. The van der Waals surface area contributed by atoms with Crippen molar-refractivity contribution in [2.45, 2.75) is 37.2 Å². The van der Waals surface area contributed by atoms with Crippen molar-refractivity contribution < 1.29 is 39.1 Å². The molecule has 1 saturated heterocycles. The largest absolute Gasteiger partial charge is 0.445 e. The first-order valence-electron chi connectivity index (χ1n) is 9.67. The number of alkyl carbamates (subject to hydrolysis) is 1. The summed E-state index contributed by atoms with van der Waals surface area (Å²) in [5.41, 5.74) is 0.747. The predicted octanol–water partition coefficient (Wildman–Crippen LogP) is 0.531. The number of ether oxygens (including phenoxy) is 3. The molecular weight excluding hydrogens is 408 g/mol. The standard InChI is InChI=1S/C21H28N2O8/c1-3-10-23(21(28)29-11-4-2)19-16(18(26)17(25)15(12-24)31-19)22-20(27)30-13-14-8-6-5-7-9-14/h3-9,15-19,24-26H,1-2,10-13H2,(H,22,27)/t15-,16-,17+,18-,19-/m1/s1. The molecule has 1 aliphatic heterocycles. The first kappa shape index (κ1) is 24.4. The molecule has 0 saturated carbocycles. The number of carbonyl (C=O) groups excluding carboxylic acids is 2. The molecule has 0 radical (unpaired) electrons. The number of benzene rings is 1. The van der Waals surface area contributed by atoms with Gasteiger partial charge < -0.3 is 34.8 Å². The van der Waals surface area contributed by atoms with Crippen LogP contribution in [0.25, 0.3) is 0 Å². The van der Waals surface area contributed by atoms with E-state index in [-0.39, 0.29) is 19.8 Å². The number of nitrogens with one attached hydrogen (secondary N) is 1. The molecule has 10 heteroatoms. The van der Waals surface area contributed by atoms with Crippen LogP contribution in [-0.4, -0.2) is 82.7 Å². The second-order valence-electron chi connectivity index (χ2n) is 6.77. The number of hydrogen-bond acceptors (Lipinski definition) is 8. The molecule has 5 atom stereocenters. The lowest BCUT2D eigenvalue weighted by molar-refractivity contribution is -0.223. The average molecular weight is 436 g/mol. The van der Waals surface area contributed by atoms with E-state index >= 15 is 0 Å².